The van der Waals surface area contributed by atoms with Crippen LogP contribution in [0.25, 0.3) is 5.69 Å². The maximum Gasteiger partial charge on any atom is 0.422 e. The minimum Gasteiger partial charge on any atom is -0.494 e. The van der Waals surface area contributed by atoms with Crippen molar-refractivity contribution in [2.75, 3.05) is 19.0 Å². The van der Waals surface area contributed by atoms with E-state index < -0.39 is 18.6 Å². The number of methoxy groups -OCH3 is 1. The number of hydrogen-bond acceptors (Lipinski definition) is 7. The Hall–Kier alpha value is -4.16. The van der Waals surface area contributed by atoms with Crippen LogP contribution in [0, 0.1) is 12.7 Å². The zero-order chi connectivity index (χ0) is 26.9. The van der Waals surface area contributed by atoms with Gasteiger partial charge in [0.15, 0.2) is 6.61 Å². The fourth-order valence-corrected chi connectivity index (χ4v) is 4.41. The first-order valence-corrected chi connectivity index (χ1v) is 12.0. The SMILES string of the molecule is COc1cc(Nc2nc3n(n2)CCCC[C@@H]3c2ccc(OCC(F)(F)F)cc2)c(F)cc1-n1cnc(C)n1. The summed E-state index contributed by atoms with van der Waals surface area (Å²) >= 11 is 0. The van der Waals surface area contributed by atoms with Crippen LogP contribution in [-0.2, 0) is 6.54 Å². The van der Waals surface area contributed by atoms with Crippen LogP contribution in [0.5, 0.6) is 11.5 Å². The summed E-state index contributed by atoms with van der Waals surface area (Å²) in [4.78, 5) is 8.73. The normalized spacial score (nSPS) is 15.6. The molecule has 0 amide bonds. The molecular weight excluding hydrogens is 506 g/mol. The van der Waals surface area contributed by atoms with Crippen LogP contribution in [0.4, 0.5) is 29.2 Å². The highest BCUT2D eigenvalue weighted by molar-refractivity contribution is 5.62. The molecule has 4 aromatic rings. The molecule has 1 N–H and O–H groups in total. The summed E-state index contributed by atoms with van der Waals surface area (Å²) in [5.74, 6) is 1.29. The van der Waals surface area contributed by atoms with Crippen LogP contribution in [0.1, 0.15) is 42.4 Å². The molecule has 0 saturated carbocycles. The van der Waals surface area contributed by atoms with Gasteiger partial charge in [-0.3, -0.25) is 0 Å². The summed E-state index contributed by atoms with van der Waals surface area (Å²) in [7, 11) is 1.48. The molecule has 1 aliphatic rings. The fraction of sp³-hybridized carbons (Fsp3) is 0.360. The monoisotopic (exact) mass is 531 g/mol. The highest BCUT2D eigenvalue weighted by atomic mass is 19.4. The Morgan fingerprint density at radius 3 is 2.58 bits per heavy atom. The third-order valence-electron chi connectivity index (χ3n) is 6.18. The number of aryl methyl sites for hydroxylation is 2. The van der Waals surface area contributed by atoms with Gasteiger partial charge in [-0.15, -0.1) is 5.10 Å². The third-order valence-corrected chi connectivity index (χ3v) is 6.18. The lowest BCUT2D eigenvalue weighted by Crippen LogP contribution is -2.19. The molecule has 9 nitrogen and oxygen atoms in total. The molecule has 0 unspecified atom stereocenters. The summed E-state index contributed by atoms with van der Waals surface area (Å²) in [6.45, 7) is 1.02. The molecule has 0 fully saturated rings. The number of nitrogens with zero attached hydrogens (tertiary/aromatic N) is 6. The minimum atomic E-state index is -4.40. The second-order valence-corrected chi connectivity index (χ2v) is 8.90. The number of anilines is 2. The van der Waals surface area contributed by atoms with Crippen LogP contribution >= 0.6 is 0 Å². The van der Waals surface area contributed by atoms with E-state index in [1.54, 1.807) is 23.7 Å². The molecule has 1 atom stereocenters. The first-order chi connectivity index (χ1) is 18.2. The van der Waals surface area contributed by atoms with Crippen LogP contribution in [-0.4, -0.2) is 49.4 Å². The van der Waals surface area contributed by atoms with Gasteiger partial charge in [-0.1, -0.05) is 18.6 Å². The van der Waals surface area contributed by atoms with Gasteiger partial charge in [-0.05, 0) is 37.5 Å². The van der Waals surface area contributed by atoms with E-state index in [4.69, 9.17) is 9.47 Å². The molecule has 0 saturated heterocycles. The molecule has 200 valence electrons. The molecule has 1 aliphatic heterocycles. The van der Waals surface area contributed by atoms with Gasteiger partial charge in [-0.2, -0.15) is 23.3 Å². The van der Waals surface area contributed by atoms with Gasteiger partial charge >= 0.3 is 6.18 Å². The molecule has 0 bridgehead atoms. The number of hydrogen-bond donors (Lipinski definition) is 1. The first-order valence-electron chi connectivity index (χ1n) is 12.0. The van der Waals surface area contributed by atoms with Gasteiger partial charge in [0.2, 0.25) is 5.95 Å². The third kappa shape index (κ3) is 5.55. The molecule has 0 radical (unpaired) electrons. The topological polar surface area (TPSA) is 91.9 Å². The van der Waals surface area contributed by atoms with Gasteiger partial charge in [0.25, 0.3) is 0 Å². The predicted molar refractivity (Wildman–Crippen MR) is 130 cm³/mol. The summed E-state index contributed by atoms with van der Waals surface area (Å²) in [5.41, 5.74) is 1.41. The first kappa shape index (κ1) is 25.5. The van der Waals surface area contributed by atoms with Crippen LogP contribution in [0.2, 0.25) is 0 Å². The Morgan fingerprint density at radius 2 is 1.89 bits per heavy atom. The summed E-state index contributed by atoms with van der Waals surface area (Å²) in [6.07, 6.45) is -0.329. The predicted octanol–water partition coefficient (Wildman–Crippen LogP) is 5.32. The van der Waals surface area contributed by atoms with Gasteiger partial charge in [0.05, 0.1) is 12.8 Å². The Morgan fingerprint density at radius 1 is 1.11 bits per heavy atom. The number of fused-ring (bicyclic) bond motifs is 1. The molecule has 13 heteroatoms. The van der Waals surface area contributed by atoms with E-state index in [1.807, 2.05) is 0 Å². The van der Waals surface area contributed by atoms with Crippen molar-refractivity contribution in [3.05, 3.63) is 65.8 Å². The molecule has 0 aliphatic carbocycles. The van der Waals surface area contributed by atoms with E-state index >= 15 is 4.39 Å². The average Bonchev–Trinajstić information content (AvgIpc) is 3.44. The van der Waals surface area contributed by atoms with Crippen molar-refractivity contribution in [2.24, 2.45) is 0 Å². The van der Waals surface area contributed by atoms with E-state index in [0.29, 0.717) is 29.6 Å². The smallest absolute Gasteiger partial charge is 0.422 e. The molecule has 2 aromatic carbocycles. The Kier molecular flexibility index (Phi) is 6.91. The number of ether oxygens (including phenoxy) is 2. The van der Waals surface area contributed by atoms with E-state index in [0.717, 1.165) is 24.8 Å². The Labute approximate surface area is 215 Å². The van der Waals surface area contributed by atoms with Gasteiger partial charge in [0.1, 0.15) is 41.0 Å². The lowest BCUT2D eigenvalue weighted by atomic mass is 9.93. The lowest BCUT2D eigenvalue weighted by molar-refractivity contribution is -0.153. The number of halogens is 4. The van der Waals surface area contributed by atoms with Crippen molar-refractivity contribution in [1.82, 2.24) is 29.5 Å². The van der Waals surface area contributed by atoms with E-state index in [-0.39, 0.29) is 23.3 Å². The highest BCUT2D eigenvalue weighted by Crippen LogP contribution is 2.35. The van der Waals surface area contributed by atoms with Crippen molar-refractivity contribution in [3.63, 3.8) is 0 Å². The molecule has 38 heavy (non-hydrogen) atoms. The Balaban J connectivity index is 1.39. The Bertz CT molecular complexity index is 1420. The largest absolute Gasteiger partial charge is 0.494 e. The molecular formula is C25H25F4N7O2. The van der Waals surface area contributed by atoms with Crippen molar-refractivity contribution in [3.8, 4) is 17.2 Å². The maximum absolute atomic E-state index is 15.1. The molecule has 5 rings (SSSR count). The number of benzene rings is 2. The quantitative estimate of drug-likeness (QED) is 0.323. The van der Waals surface area contributed by atoms with E-state index in [9.17, 15) is 13.2 Å². The van der Waals surface area contributed by atoms with Crippen molar-refractivity contribution in [2.45, 2.75) is 44.8 Å². The highest BCUT2D eigenvalue weighted by Gasteiger charge is 2.29. The zero-order valence-corrected chi connectivity index (χ0v) is 20.7. The van der Waals surface area contributed by atoms with Crippen molar-refractivity contribution < 1.29 is 27.0 Å². The van der Waals surface area contributed by atoms with Gasteiger partial charge in [0, 0.05) is 24.6 Å². The van der Waals surface area contributed by atoms with E-state index in [2.05, 4.69) is 25.5 Å². The van der Waals surface area contributed by atoms with Crippen molar-refractivity contribution in [1.29, 1.82) is 0 Å². The number of alkyl halides is 3. The minimum absolute atomic E-state index is 0.130. The second-order valence-electron chi connectivity index (χ2n) is 8.90. The van der Waals surface area contributed by atoms with Crippen LogP contribution < -0.4 is 14.8 Å². The summed E-state index contributed by atoms with van der Waals surface area (Å²) in [6, 6.07) is 9.32. The average molecular weight is 532 g/mol. The van der Waals surface area contributed by atoms with Crippen LogP contribution in [0.3, 0.4) is 0 Å². The summed E-state index contributed by atoms with van der Waals surface area (Å²) in [5, 5.41) is 11.7. The van der Waals surface area contributed by atoms with Crippen LogP contribution in [0.15, 0.2) is 42.7 Å². The van der Waals surface area contributed by atoms with Gasteiger partial charge in [-0.25, -0.2) is 18.7 Å². The number of aromatic nitrogens is 6. The second kappa shape index (κ2) is 10.3. The maximum atomic E-state index is 15.1. The van der Waals surface area contributed by atoms with Gasteiger partial charge < -0.3 is 14.8 Å². The summed E-state index contributed by atoms with van der Waals surface area (Å²) < 4.78 is 66.0. The standard InChI is InChI=1S/C25H25F4N7O2/c1-15-30-14-36(33-15)21-11-19(26)20(12-22(21)37-2)31-24-32-23-18(5-3-4-10-35(23)34-24)16-6-8-17(9-7-16)38-13-25(27,28)29/h6-9,11-12,14,18H,3-5,10,13H2,1-2H3,(H,31,34)/t18-/m1/s1. The lowest BCUT2D eigenvalue weighted by Gasteiger charge is -2.15. The fourth-order valence-electron chi connectivity index (χ4n) is 4.41. The number of nitrogens with one attached hydrogen (secondary N) is 1. The molecule has 0 spiro atoms. The zero-order valence-electron chi connectivity index (χ0n) is 20.7. The molecule has 2 aromatic heterocycles. The van der Waals surface area contributed by atoms with Crippen molar-refractivity contribution >= 4 is 11.6 Å². The number of rotatable bonds is 7. The van der Waals surface area contributed by atoms with E-state index in [1.165, 1.54) is 42.4 Å². The molecule has 3 heterocycles.